The number of rotatable bonds is 6. The molecule has 132 valence electrons. The Morgan fingerprint density at radius 3 is 2.58 bits per heavy atom. The average molecular weight is 359 g/mol. The van der Waals surface area contributed by atoms with Crippen LogP contribution < -0.4 is 10.1 Å². The van der Waals surface area contributed by atoms with E-state index in [0.29, 0.717) is 12.2 Å². The van der Waals surface area contributed by atoms with Crippen molar-refractivity contribution < 1.29 is 31.9 Å². The molecule has 1 aliphatic rings. The van der Waals surface area contributed by atoms with Crippen molar-refractivity contribution in [3.63, 3.8) is 0 Å². The summed E-state index contributed by atoms with van der Waals surface area (Å²) in [6.45, 7) is 0.954. The van der Waals surface area contributed by atoms with E-state index < -0.39 is 46.3 Å². The number of sulfone groups is 1. The highest BCUT2D eigenvalue weighted by Crippen LogP contribution is 2.12. The zero-order valence-corrected chi connectivity index (χ0v) is 13.8. The number of carbonyl (C=O) groups is 2. The number of benzene rings is 1. The number of hydrogen-bond acceptors (Lipinski definition) is 6. The fraction of sp³-hybridized carbons (Fsp3) is 0.467. The SMILES string of the molecule is C[C@H](OC(=O)COc1ccc(F)cc1)C(=O)N[C@H]1CCS(=O)(=O)C1. The summed E-state index contributed by atoms with van der Waals surface area (Å²) in [7, 11) is -3.10. The minimum atomic E-state index is -3.10. The van der Waals surface area contributed by atoms with Gasteiger partial charge in [-0.3, -0.25) is 4.79 Å². The van der Waals surface area contributed by atoms with Gasteiger partial charge in [0.2, 0.25) is 0 Å². The highest BCUT2D eigenvalue weighted by molar-refractivity contribution is 7.91. The Morgan fingerprint density at radius 2 is 2.00 bits per heavy atom. The summed E-state index contributed by atoms with van der Waals surface area (Å²) < 4.78 is 45.4. The molecule has 2 rings (SSSR count). The molecule has 0 aliphatic carbocycles. The maximum Gasteiger partial charge on any atom is 0.344 e. The van der Waals surface area contributed by atoms with Gasteiger partial charge < -0.3 is 14.8 Å². The van der Waals surface area contributed by atoms with Crippen molar-refractivity contribution in [1.29, 1.82) is 0 Å². The molecule has 9 heteroatoms. The van der Waals surface area contributed by atoms with Crippen LogP contribution in [0, 0.1) is 5.82 Å². The summed E-state index contributed by atoms with van der Waals surface area (Å²) >= 11 is 0. The summed E-state index contributed by atoms with van der Waals surface area (Å²) in [5.41, 5.74) is 0. The number of hydrogen-bond donors (Lipinski definition) is 1. The molecule has 1 aromatic carbocycles. The third-order valence-corrected chi connectivity index (χ3v) is 5.19. The van der Waals surface area contributed by atoms with E-state index in [1.165, 1.54) is 31.2 Å². The van der Waals surface area contributed by atoms with Gasteiger partial charge in [0.25, 0.3) is 5.91 Å². The number of esters is 1. The lowest BCUT2D eigenvalue weighted by molar-refractivity contribution is -0.156. The fourth-order valence-electron chi connectivity index (χ4n) is 2.19. The molecule has 1 amide bonds. The van der Waals surface area contributed by atoms with Gasteiger partial charge in [-0.2, -0.15) is 0 Å². The summed E-state index contributed by atoms with van der Waals surface area (Å²) in [6.07, 6.45) is -0.722. The van der Waals surface area contributed by atoms with Gasteiger partial charge in [-0.1, -0.05) is 0 Å². The molecule has 1 aliphatic heterocycles. The first-order chi connectivity index (χ1) is 11.2. The maximum atomic E-state index is 12.7. The monoisotopic (exact) mass is 359 g/mol. The lowest BCUT2D eigenvalue weighted by atomic mass is 10.2. The first-order valence-corrected chi connectivity index (χ1v) is 9.16. The Labute approximate surface area is 139 Å². The van der Waals surface area contributed by atoms with Gasteiger partial charge in [-0.15, -0.1) is 0 Å². The summed E-state index contributed by atoms with van der Waals surface area (Å²) in [5.74, 6) is -1.52. The van der Waals surface area contributed by atoms with E-state index in [2.05, 4.69) is 5.32 Å². The number of nitrogens with one attached hydrogen (secondary N) is 1. The molecule has 0 aromatic heterocycles. The number of halogens is 1. The van der Waals surface area contributed by atoms with Crippen LogP contribution in [-0.4, -0.2) is 50.6 Å². The lowest BCUT2D eigenvalue weighted by Crippen LogP contribution is -2.43. The Bertz CT molecular complexity index is 703. The van der Waals surface area contributed by atoms with Crippen molar-refractivity contribution in [2.45, 2.75) is 25.5 Å². The minimum Gasteiger partial charge on any atom is -0.482 e. The van der Waals surface area contributed by atoms with Crippen molar-refractivity contribution in [2.75, 3.05) is 18.1 Å². The average Bonchev–Trinajstić information content (AvgIpc) is 2.85. The molecule has 1 heterocycles. The Morgan fingerprint density at radius 1 is 1.33 bits per heavy atom. The van der Waals surface area contributed by atoms with Crippen molar-refractivity contribution in [2.24, 2.45) is 0 Å². The first kappa shape index (κ1) is 18.2. The molecule has 0 radical (unpaired) electrons. The molecular weight excluding hydrogens is 341 g/mol. The lowest BCUT2D eigenvalue weighted by Gasteiger charge is -2.16. The van der Waals surface area contributed by atoms with Gasteiger partial charge in [0.05, 0.1) is 11.5 Å². The van der Waals surface area contributed by atoms with Gasteiger partial charge in [-0.05, 0) is 37.6 Å². The molecule has 7 nitrogen and oxygen atoms in total. The van der Waals surface area contributed by atoms with Gasteiger partial charge in [-0.25, -0.2) is 17.6 Å². The van der Waals surface area contributed by atoms with E-state index in [9.17, 15) is 22.4 Å². The second kappa shape index (κ2) is 7.61. The van der Waals surface area contributed by atoms with Crippen LogP contribution in [0.5, 0.6) is 5.75 Å². The molecule has 1 N–H and O–H groups in total. The van der Waals surface area contributed by atoms with Crippen LogP contribution in [0.2, 0.25) is 0 Å². The minimum absolute atomic E-state index is 0.0393. The van der Waals surface area contributed by atoms with Crippen LogP contribution in [0.4, 0.5) is 4.39 Å². The van der Waals surface area contributed by atoms with Crippen molar-refractivity contribution in [3.8, 4) is 5.75 Å². The second-order valence-corrected chi connectivity index (χ2v) is 7.71. The van der Waals surface area contributed by atoms with Crippen molar-refractivity contribution in [3.05, 3.63) is 30.1 Å². The number of carbonyl (C=O) groups excluding carboxylic acids is 2. The first-order valence-electron chi connectivity index (χ1n) is 7.34. The van der Waals surface area contributed by atoms with E-state index in [1.807, 2.05) is 0 Å². The molecule has 24 heavy (non-hydrogen) atoms. The third kappa shape index (κ3) is 5.48. The summed E-state index contributed by atoms with van der Waals surface area (Å²) in [4.78, 5) is 23.5. The Kier molecular flexibility index (Phi) is 5.76. The van der Waals surface area contributed by atoms with Crippen LogP contribution in [0.3, 0.4) is 0 Å². The van der Waals surface area contributed by atoms with Crippen LogP contribution in [-0.2, 0) is 24.2 Å². The maximum absolute atomic E-state index is 12.7. The van der Waals surface area contributed by atoms with Crippen LogP contribution in [0.15, 0.2) is 24.3 Å². The molecule has 0 spiro atoms. The zero-order valence-electron chi connectivity index (χ0n) is 13.0. The molecule has 1 fully saturated rings. The molecule has 1 saturated heterocycles. The quantitative estimate of drug-likeness (QED) is 0.740. The Balaban J connectivity index is 1.74. The predicted octanol–water partition coefficient (Wildman–Crippen LogP) is 0.440. The summed E-state index contributed by atoms with van der Waals surface area (Å²) in [6, 6.07) is 4.64. The normalized spacial score (nSPS) is 20.2. The molecule has 0 bridgehead atoms. The van der Waals surface area contributed by atoms with E-state index >= 15 is 0 Å². The van der Waals surface area contributed by atoms with E-state index in [4.69, 9.17) is 9.47 Å². The smallest absolute Gasteiger partial charge is 0.344 e. The van der Waals surface area contributed by atoms with E-state index in [0.717, 1.165) is 0 Å². The van der Waals surface area contributed by atoms with Crippen molar-refractivity contribution in [1.82, 2.24) is 5.32 Å². The zero-order chi connectivity index (χ0) is 17.7. The van der Waals surface area contributed by atoms with Gasteiger partial charge in [0.1, 0.15) is 11.6 Å². The second-order valence-electron chi connectivity index (χ2n) is 5.48. The molecular formula is C15H18FNO6S. The standard InChI is InChI=1S/C15H18FNO6S/c1-10(15(19)17-12-6-7-24(20,21)9-12)23-14(18)8-22-13-4-2-11(16)3-5-13/h2-5,10,12H,6-9H2,1H3,(H,17,19)/t10-,12-/m0/s1. The number of amides is 1. The third-order valence-electron chi connectivity index (χ3n) is 3.43. The molecule has 1 aromatic rings. The molecule has 0 unspecified atom stereocenters. The highest BCUT2D eigenvalue weighted by Gasteiger charge is 2.30. The predicted molar refractivity (Wildman–Crippen MR) is 82.7 cm³/mol. The van der Waals surface area contributed by atoms with Crippen LogP contribution in [0.25, 0.3) is 0 Å². The van der Waals surface area contributed by atoms with Gasteiger partial charge in [0, 0.05) is 6.04 Å². The van der Waals surface area contributed by atoms with Crippen LogP contribution in [0.1, 0.15) is 13.3 Å². The number of ether oxygens (including phenoxy) is 2. The largest absolute Gasteiger partial charge is 0.482 e. The highest BCUT2D eigenvalue weighted by atomic mass is 32.2. The molecule has 0 saturated carbocycles. The van der Waals surface area contributed by atoms with Crippen molar-refractivity contribution >= 4 is 21.7 Å². The fourth-order valence-corrected chi connectivity index (χ4v) is 3.86. The van der Waals surface area contributed by atoms with E-state index in [-0.39, 0.29) is 11.5 Å². The van der Waals surface area contributed by atoms with E-state index in [1.54, 1.807) is 0 Å². The topological polar surface area (TPSA) is 98.8 Å². The summed E-state index contributed by atoms with van der Waals surface area (Å²) in [5, 5.41) is 2.54. The Hall–Kier alpha value is -2.16. The van der Waals surface area contributed by atoms with Gasteiger partial charge >= 0.3 is 5.97 Å². The van der Waals surface area contributed by atoms with Gasteiger partial charge in [0.15, 0.2) is 22.5 Å². The van der Waals surface area contributed by atoms with Crippen LogP contribution >= 0.6 is 0 Å². The molecule has 2 atom stereocenters.